The van der Waals surface area contributed by atoms with Gasteiger partial charge < -0.3 is 4.90 Å². The summed E-state index contributed by atoms with van der Waals surface area (Å²) in [6.07, 6.45) is 5.47. The number of likely N-dealkylation sites (tertiary alicyclic amines) is 1. The number of nitrogens with zero attached hydrogens (tertiary/aromatic N) is 6. The van der Waals surface area contributed by atoms with Gasteiger partial charge in [0.25, 0.3) is 12.3 Å². The van der Waals surface area contributed by atoms with Crippen LogP contribution >= 0.6 is 0 Å². The second-order valence-corrected chi connectivity index (χ2v) is 7.92. The maximum atomic E-state index is 13.4. The first-order chi connectivity index (χ1) is 15.5. The highest BCUT2D eigenvalue weighted by Gasteiger charge is 2.29. The van der Waals surface area contributed by atoms with Gasteiger partial charge in [-0.2, -0.15) is 10.2 Å². The SMILES string of the molecule is Cc1cc(C(F)F)n2ncc(C(=O)N3CCC(c4[nH]ncc4-c4ccncc4)CC3)c2n1. The molecule has 1 saturated heterocycles. The molecule has 8 nitrogen and oxygen atoms in total. The number of pyridine rings is 1. The fourth-order valence-electron chi connectivity index (χ4n) is 4.33. The third-order valence-corrected chi connectivity index (χ3v) is 5.93. The van der Waals surface area contributed by atoms with Gasteiger partial charge in [0.1, 0.15) is 11.3 Å². The molecule has 0 spiro atoms. The quantitative estimate of drug-likeness (QED) is 0.525. The average Bonchev–Trinajstić information content (AvgIpc) is 3.46. The molecule has 1 N–H and O–H groups in total. The molecule has 10 heteroatoms. The lowest BCUT2D eigenvalue weighted by Gasteiger charge is -2.31. The Bertz CT molecular complexity index is 1260. The van der Waals surface area contributed by atoms with Crippen LogP contribution in [0, 0.1) is 6.92 Å². The van der Waals surface area contributed by atoms with E-state index in [2.05, 4.69) is 25.3 Å². The van der Waals surface area contributed by atoms with E-state index in [9.17, 15) is 13.6 Å². The molecule has 0 aromatic carbocycles. The smallest absolute Gasteiger partial charge is 0.280 e. The second kappa shape index (κ2) is 8.10. The van der Waals surface area contributed by atoms with E-state index in [0.717, 1.165) is 34.2 Å². The minimum atomic E-state index is -2.71. The Morgan fingerprint density at radius 1 is 1.19 bits per heavy atom. The maximum Gasteiger partial charge on any atom is 0.280 e. The van der Waals surface area contributed by atoms with E-state index in [-0.39, 0.29) is 28.7 Å². The van der Waals surface area contributed by atoms with Crippen molar-refractivity contribution in [2.75, 3.05) is 13.1 Å². The number of amides is 1. The number of alkyl halides is 2. The van der Waals surface area contributed by atoms with E-state index in [0.29, 0.717) is 18.8 Å². The summed E-state index contributed by atoms with van der Waals surface area (Å²) in [5, 5.41) is 11.4. The Morgan fingerprint density at radius 2 is 1.94 bits per heavy atom. The largest absolute Gasteiger partial charge is 0.338 e. The Hall–Kier alpha value is -3.69. The zero-order valence-corrected chi connectivity index (χ0v) is 17.4. The molecule has 0 radical (unpaired) electrons. The summed E-state index contributed by atoms with van der Waals surface area (Å²) >= 11 is 0. The molecule has 4 aromatic heterocycles. The Kier molecular flexibility index (Phi) is 5.12. The molecule has 1 amide bonds. The third-order valence-electron chi connectivity index (χ3n) is 5.93. The van der Waals surface area contributed by atoms with Crippen molar-refractivity contribution in [3.8, 4) is 11.1 Å². The lowest BCUT2D eigenvalue weighted by Crippen LogP contribution is -2.38. The highest BCUT2D eigenvalue weighted by atomic mass is 19.3. The van der Waals surface area contributed by atoms with Crippen molar-refractivity contribution in [3.63, 3.8) is 0 Å². The highest BCUT2D eigenvalue weighted by molar-refractivity contribution is 5.99. The summed E-state index contributed by atoms with van der Waals surface area (Å²) in [7, 11) is 0. The summed E-state index contributed by atoms with van der Waals surface area (Å²) in [5.41, 5.74) is 3.70. The van der Waals surface area contributed by atoms with Crippen molar-refractivity contribution in [3.05, 3.63) is 65.6 Å². The molecular formula is C22H21F2N7O. The standard InChI is InChI=1S/C22H21F2N7O/c1-13-10-18(20(23)24)31-21(28-13)17(12-27-31)22(32)30-8-4-15(5-9-30)19-16(11-26-29-19)14-2-6-25-7-3-14/h2-3,6-7,10-12,15,20H,4-5,8-9H2,1H3,(H,26,29). The van der Waals surface area contributed by atoms with E-state index in [1.165, 1.54) is 12.3 Å². The molecule has 5 heterocycles. The van der Waals surface area contributed by atoms with Gasteiger partial charge >= 0.3 is 0 Å². The molecule has 164 valence electrons. The third kappa shape index (κ3) is 3.51. The first kappa shape index (κ1) is 20.2. The Labute approximate surface area is 182 Å². The van der Waals surface area contributed by atoms with E-state index in [1.54, 1.807) is 24.2 Å². The molecular weight excluding hydrogens is 416 g/mol. The first-order valence-corrected chi connectivity index (χ1v) is 10.4. The van der Waals surface area contributed by atoms with Gasteiger partial charge in [-0.15, -0.1) is 0 Å². The first-order valence-electron chi connectivity index (χ1n) is 10.4. The number of halogens is 2. The number of hydrogen-bond donors (Lipinski definition) is 1. The van der Waals surface area contributed by atoms with Crippen LogP contribution in [-0.4, -0.2) is 53.7 Å². The van der Waals surface area contributed by atoms with Crippen molar-refractivity contribution in [2.24, 2.45) is 0 Å². The molecule has 0 aliphatic carbocycles. The number of carbonyl (C=O) groups is 1. The summed E-state index contributed by atoms with van der Waals surface area (Å²) in [6, 6.07) is 5.18. The molecule has 32 heavy (non-hydrogen) atoms. The van der Waals surface area contributed by atoms with Gasteiger partial charge in [-0.05, 0) is 43.5 Å². The van der Waals surface area contributed by atoms with Crippen LogP contribution in [0.2, 0.25) is 0 Å². The normalized spacial score (nSPS) is 15.1. The number of aromatic amines is 1. The van der Waals surface area contributed by atoms with Crippen molar-refractivity contribution in [1.82, 2.24) is 34.7 Å². The maximum absolute atomic E-state index is 13.4. The summed E-state index contributed by atoms with van der Waals surface area (Å²) in [5.74, 6) is -0.00448. The minimum absolute atomic E-state index is 0.168. The van der Waals surface area contributed by atoms with Gasteiger partial charge in [0.2, 0.25) is 0 Å². The summed E-state index contributed by atoms with van der Waals surface area (Å²) in [4.78, 5) is 23.3. The number of carbonyl (C=O) groups excluding carboxylic acids is 1. The fraction of sp³-hybridized carbons (Fsp3) is 0.318. The van der Waals surface area contributed by atoms with Crippen LogP contribution in [-0.2, 0) is 0 Å². The van der Waals surface area contributed by atoms with Gasteiger partial charge in [-0.25, -0.2) is 18.3 Å². The number of H-pyrrole nitrogens is 1. The monoisotopic (exact) mass is 437 g/mol. The van der Waals surface area contributed by atoms with Gasteiger partial charge in [0, 0.05) is 48.4 Å². The summed E-state index contributed by atoms with van der Waals surface area (Å²) in [6.45, 7) is 2.72. The number of aryl methyl sites for hydroxylation is 1. The van der Waals surface area contributed by atoms with E-state index in [4.69, 9.17) is 0 Å². The Morgan fingerprint density at radius 3 is 2.66 bits per heavy atom. The summed E-state index contributed by atoms with van der Waals surface area (Å²) < 4.78 is 27.8. The average molecular weight is 437 g/mol. The number of nitrogens with one attached hydrogen (secondary N) is 1. The van der Waals surface area contributed by atoms with Crippen molar-refractivity contribution in [1.29, 1.82) is 0 Å². The van der Waals surface area contributed by atoms with Crippen molar-refractivity contribution >= 4 is 11.6 Å². The number of hydrogen-bond acceptors (Lipinski definition) is 5. The molecule has 0 unspecified atom stereocenters. The van der Waals surface area contributed by atoms with Crippen molar-refractivity contribution < 1.29 is 13.6 Å². The predicted octanol–water partition coefficient (Wildman–Crippen LogP) is 3.78. The van der Waals surface area contributed by atoms with Crippen LogP contribution in [0.5, 0.6) is 0 Å². The predicted molar refractivity (Wildman–Crippen MR) is 112 cm³/mol. The zero-order valence-electron chi connectivity index (χ0n) is 17.4. The van der Waals surface area contributed by atoms with Crippen LogP contribution in [0.3, 0.4) is 0 Å². The number of fused-ring (bicyclic) bond motifs is 1. The van der Waals surface area contributed by atoms with Crippen LogP contribution < -0.4 is 0 Å². The van der Waals surface area contributed by atoms with Crippen LogP contribution in [0.25, 0.3) is 16.8 Å². The molecule has 5 rings (SSSR count). The van der Waals surface area contributed by atoms with Crippen LogP contribution in [0.4, 0.5) is 8.78 Å². The second-order valence-electron chi connectivity index (χ2n) is 7.92. The fourth-order valence-corrected chi connectivity index (χ4v) is 4.33. The van der Waals surface area contributed by atoms with Gasteiger partial charge in [0.15, 0.2) is 5.65 Å². The van der Waals surface area contributed by atoms with Gasteiger partial charge in [-0.3, -0.25) is 14.9 Å². The molecule has 1 aliphatic rings. The molecule has 4 aromatic rings. The lowest BCUT2D eigenvalue weighted by molar-refractivity contribution is 0.0713. The number of aromatic nitrogens is 6. The molecule has 0 saturated carbocycles. The van der Waals surface area contributed by atoms with Crippen LogP contribution in [0.1, 0.15) is 52.6 Å². The number of piperidine rings is 1. The van der Waals surface area contributed by atoms with Crippen molar-refractivity contribution in [2.45, 2.75) is 32.1 Å². The minimum Gasteiger partial charge on any atom is -0.338 e. The van der Waals surface area contributed by atoms with E-state index < -0.39 is 6.43 Å². The van der Waals surface area contributed by atoms with E-state index in [1.807, 2.05) is 18.3 Å². The van der Waals surface area contributed by atoms with Gasteiger partial charge in [-0.1, -0.05) is 0 Å². The van der Waals surface area contributed by atoms with Gasteiger partial charge in [0.05, 0.1) is 12.4 Å². The van der Waals surface area contributed by atoms with Crippen LogP contribution in [0.15, 0.2) is 43.0 Å². The Balaban J connectivity index is 1.35. The highest BCUT2D eigenvalue weighted by Crippen LogP contribution is 2.34. The molecule has 1 aliphatic heterocycles. The molecule has 1 fully saturated rings. The number of rotatable bonds is 4. The molecule has 0 atom stereocenters. The topological polar surface area (TPSA) is 92.1 Å². The zero-order chi connectivity index (χ0) is 22.2. The van der Waals surface area contributed by atoms with E-state index >= 15 is 0 Å². The molecule has 0 bridgehead atoms. The lowest BCUT2D eigenvalue weighted by atomic mass is 9.89.